The summed E-state index contributed by atoms with van der Waals surface area (Å²) in [5, 5.41) is 2.68. The van der Waals surface area contributed by atoms with Crippen molar-refractivity contribution in [1.82, 2.24) is 19.4 Å². The van der Waals surface area contributed by atoms with Crippen molar-refractivity contribution in [3.05, 3.63) is 96.0 Å². The lowest BCUT2D eigenvalue weighted by molar-refractivity contribution is 0.669. The molecule has 7 aromatic rings. The molecule has 0 spiro atoms. The molecule has 0 bridgehead atoms. The number of fused-ring (bicyclic) bond motifs is 6. The Labute approximate surface area is 192 Å². The average molecular weight is 447 g/mol. The van der Waals surface area contributed by atoms with E-state index in [0.29, 0.717) is 16.6 Å². The fourth-order valence-corrected chi connectivity index (χ4v) is 4.54. The van der Waals surface area contributed by atoms with Gasteiger partial charge in [-0.1, -0.05) is 60.1 Å². The van der Waals surface area contributed by atoms with E-state index >= 15 is 0 Å². The summed E-state index contributed by atoms with van der Waals surface area (Å²) >= 11 is 6.20. The zero-order valence-electron chi connectivity index (χ0n) is 17.2. The summed E-state index contributed by atoms with van der Waals surface area (Å²) < 4.78 is 8.09. The van der Waals surface area contributed by atoms with Crippen LogP contribution >= 0.6 is 11.6 Å². The van der Waals surface area contributed by atoms with E-state index in [1.165, 1.54) is 0 Å². The fourth-order valence-electron chi connectivity index (χ4n) is 4.37. The topological polar surface area (TPSA) is 56.2 Å². The molecule has 156 valence electrons. The van der Waals surface area contributed by atoms with Crippen molar-refractivity contribution in [1.29, 1.82) is 0 Å². The standard InChI is InChI=1S/C27H15ClN4O/c28-18-11-13-23-20(15-18)19-12-10-17(14-24(19)33-23)25-30-26(16-6-2-1-3-7-16)32-22-9-5-4-8-21(22)29-27(32)31-25/h1-15H. The first kappa shape index (κ1) is 18.4. The van der Waals surface area contributed by atoms with Crippen LogP contribution in [0.5, 0.6) is 0 Å². The second-order valence-electron chi connectivity index (χ2n) is 7.93. The number of hydrogen-bond acceptors (Lipinski definition) is 4. The van der Waals surface area contributed by atoms with Crippen LogP contribution in [-0.4, -0.2) is 19.4 Å². The maximum Gasteiger partial charge on any atom is 0.238 e. The predicted molar refractivity (Wildman–Crippen MR) is 131 cm³/mol. The van der Waals surface area contributed by atoms with Gasteiger partial charge in [-0.05, 0) is 42.5 Å². The average Bonchev–Trinajstić information content (AvgIpc) is 3.41. The minimum Gasteiger partial charge on any atom is -0.456 e. The number of benzene rings is 4. The Morgan fingerprint density at radius 3 is 2.42 bits per heavy atom. The van der Waals surface area contributed by atoms with Gasteiger partial charge in [0.15, 0.2) is 5.82 Å². The number of halogens is 1. The maximum atomic E-state index is 6.20. The number of rotatable bonds is 2. The normalized spacial score (nSPS) is 11.8. The zero-order chi connectivity index (χ0) is 21.9. The Morgan fingerprint density at radius 2 is 1.52 bits per heavy atom. The van der Waals surface area contributed by atoms with Crippen LogP contribution in [0.1, 0.15) is 0 Å². The molecule has 0 N–H and O–H groups in total. The largest absolute Gasteiger partial charge is 0.456 e. The van der Waals surface area contributed by atoms with Crippen LogP contribution in [0, 0.1) is 0 Å². The second-order valence-corrected chi connectivity index (χ2v) is 8.36. The summed E-state index contributed by atoms with van der Waals surface area (Å²) in [4.78, 5) is 14.6. The van der Waals surface area contributed by atoms with Gasteiger partial charge >= 0.3 is 0 Å². The highest BCUT2D eigenvalue weighted by molar-refractivity contribution is 6.31. The second kappa shape index (κ2) is 6.89. The molecular formula is C27H15ClN4O. The number of para-hydroxylation sites is 2. The molecule has 3 heterocycles. The summed E-state index contributed by atoms with van der Waals surface area (Å²) in [6.45, 7) is 0. The molecule has 0 atom stereocenters. The van der Waals surface area contributed by atoms with Crippen molar-refractivity contribution in [2.24, 2.45) is 0 Å². The molecular weight excluding hydrogens is 432 g/mol. The smallest absolute Gasteiger partial charge is 0.238 e. The highest BCUT2D eigenvalue weighted by atomic mass is 35.5. The van der Waals surface area contributed by atoms with Gasteiger partial charge in [0, 0.05) is 26.9 Å². The number of hydrogen-bond donors (Lipinski definition) is 0. The molecule has 0 aliphatic carbocycles. The van der Waals surface area contributed by atoms with Crippen molar-refractivity contribution in [3.8, 4) is 22.8 Å². The molecule has 3 aromatic heterocycles. The molecule has 0 saturated heterocycles. The molecule has 4 aromatic carbocycles. The van der Waals surface area contributed by atoms with Gasteiger partial charge in [0.25, 0.3) is 0 Å². The Morgan fingerprint density at radius 1 is 0.667 bits per heavy atom. The van der Waals surface area contributed by atoms with Gasteiger partial charge in [0.1, 0.15) is 17.0 Å². The number of furan rings is 1. The summed E-state index contributed by atoms with van der Waals surface area (Å²) in [6, 6.07) is 29.8. The van der Waals surface area contributed by atoms with Crippen LogP contribution in [0.25, 0.3) is 61.5 Å². The molecule has 5 nitrogen and oxygen atoms in total. The molecule has 0 aliphatic heterocycles. The van der Waals surface area contributed by atoms with E-state index in [9.17, 15) is 0 Å². The van der Waals surface area contributed by atoms with Gasteiger partial charge < -0.3 is 4.42 Å². The molecule has 33 heavy (non-hydrogen) atoms. The van der Waals surface area contributed by atoms with Gasteiger partial charge in [0.2, 0.25) is 5.78 Å². The van der Waals surface area contributed by atoms with Crippen molar-refractivity contribution >= 4 is 50.4 Å². The van der Waals surface area contributed by atoms with Crippen LogP contribution < -0.4 is 0 Å². The van der Waals surface area contributed by atoms with E-state index in [-0.39, 0.29) is 0 Å². The summed E-state index contributed by atoms with van der Waals surface area (Å²) in [5.41, 5.74) is 5.27. The molecule has 6 heteroatoms. The molecule has 0 radical (unpaired) electrons. The van der Waals surface area contributed by atoms with Gasteiger partial charge in [0.05, 0.1) is 11.0 Å². The van der Waals surface area contributed by atoms with Crippen LogP contribution in [0.3, 0.4) is 0 Å². The van der Waals surface area contributed by atoms with Crippen molar-refractivity contribution < 1.29 is 4.42 Å². The molecule has 0 fully saturated rings. The molecule has 0 saturated carbocycles. The Kier molecular flexibility index (Phi) is 3.83. The predicted octanol–water partition coefficient (Wildman–Crippen LogP) is 7.16. The monoisotopic (exact) mass is 446 g/mol. The Hall–Kier alpha value is -4.22. The molecule has 0 unspecified atom stereocenters. The van der Waals surface area contributed by atoms with Crippen LogP contribution in [0.15, 0.2) is 95.4 Å². The van der Waals surface area contributed by atoms with E-state index in [4.69, 9.17) is 31.0 Å². The lowest BCUT2D eigenvalue weighted by Crippen LogP contribution is -2.01. The van der Waals surface area contributed by atoms with E-state index < -0.39 is 0 Å². The third-order valence-corrected chi connectivity index (χ3v) is 6.13. The first-order chi connectivity index (χ1) is 16.2. The summed E-state index contributed by atoms with van der Waals surface area (Å²) in [7, 11) is 0. The minimum atomic E-state index is 0.594. The first-order valence-electron chi connectivity index (χ1n) is 10.6. The van der Waals surface area contributed by atoms with E-state index in [0.717, 1.165) is 49.9 Å². The lowest BCUT2D eigenvalue weighted by atomic mass is 10.1. The van der Waals surface area contributed by atoms with E-state index in [2.05, 4.69) is 0 Å². The van der Waals surface area contributed by atoms with Crippen molar-refractivity contribution in [2.75, 3.05) is 0 Å². The van der Waals surface area contributed by atoms with Gasteiger partial charge in [-0.3, -0.25) is 4.40 Å². The van der Waals surface area contributed by atoms with Crippen molar-refractivity contribution in [3.63, 3.8) is 0 Å². The van der Waals surface area contributed by atoms with Crippen LogP contribution in [-0.2, 0) is 0 Å². The highest BCUT2D eigenvalue weighted by Crippen LogP contribution is 2.34. The van der Waals surface area contributed by atoms with Gasteiger partial charge in [-0.15, -0.1) is 0 Å². The lowest BCUT2D eigenvalue weighted by Gasteiger charge is -2.08. The quantitative estimate of drug-likeness (QED) is 0.282. The molecule has 0 amide bonds. The summed E-state index contributed by atoms with van der Waals surface area (Å²) in [6.07, 6.45) is 0. The number of imidazole rings is 1. The van der Waals surface area contributed by atoms with E-state index in [1.54, 1.807) is 0 Å². The number of aromatic nitrogens is 4. The molecule has 7 rings (SSSR count). The third kappa shape index (κ3) is 2.83. The number of nitrogens with zero attached hydrogens (tertiary/aromatic N) is 4. The zero-order valence-corrected chi connectivity index (χ0v) is 18.0. The molecule has 0 aliphatic rings. The van der Waals surface area contributed by atoms with Crippen LogP contribution in [0.4, 0.5) is 0 Å². The minimum absolute atomic E-state index is 0.594. The SMILES string of the molecule is Clc1ccc2oc3cc(-c4nc(-c5ccccc5)n5c(n4)nc4ccccc45)ccc3c2c1. The maximum absolute atomic E-state index is 6.20. The van der Waals surface area contributed by atoms with Gasteiger partial charge in [-0.2, -0.15) is 4.98 Å². The fraction of sp³-hybridized carbons (Fsp3) is 0. The summed E-state index contributed by atoms with van der Waals surface area (Å²) in [5.74, 6) is 1.99. The van der Waals surface area contributed by atoms with Gasteiger partial charge in [-0.25, -0.2) is 9.97 Å². The first-order valence-corrected chi connectivity index (χ1v) is 11.0. The third-order valence-electron chi connectivity index (χ3n) is 5.90. The van der Waals surface area contributed by atoms with Crippen LogP contribution in [0.2, 0.25) is 5.02 Å². The Bertz CT molecular complexity index is 1840. The van der Waals surface area contributed by atoms with E-state index in [1.807, 2.05) is 95.4 Å². The highest BCUT2D eigenvalue weighted by Gasteiger charge is 2.17. The Balaban J connectivity index is 1.51. The van der Waals surface area contributed by atoms with Crippen molar-refractivity contribution in [2.45, 2.75) is 0 Å².